The Kier molecular flexibility index (Phi) is 6.41. The number of hydrogen-bond acceptors (Lipinski definition) is 3. The van der Waals surface area contributed by atoms with Gasteiger partial charge in [-0.15, -0.1) is 0 Å². The van der Waals surface area contributed by atoms with Crippen molar-refractivity contribution in [3.63, 3.8) is 0 Å². The number of aliphatic hydroxyl groups excluding tert-OH is 1. The van der Waals surface area contributed by atoms with E-state index in [4.69, 9.17) is 0 Å². The molecule has 0 rings (SSSR count). The van der Waals surface area contributed by atoms with E-state index >= 15 is 0 Å². The summed E-state index contributed by atoms with van der Waals surface area (Å²) in [7, 11) is 4.12. The highest BCUT2D eigenvalue weighted by Gasteiger charge is 2.25. The molecule has 0 saturated carbocycles. The molecule has 0 fully saturated rings. The predicted molar refractivity (Wildman–Crippen MR) is 66.1 cm³/mol. The second-order valence-electron chi connectivity index (χ2n) is 5.37. The average Bonchev–Trinajstić information content (AvgIpc) is 2.12. The van der Waals surface area contributed by atoms with Crippen molar-refractivity contribution in [2.24, 2.45) is 5.41 Å². The molecular weight excluding hydrogens is 188 g/mol. The summed E-state index contributed by atoms with van der Waals surface area (Å²) in [4.78, 5) is 2.29. The van der Waals surface area contributed by atoms with Crippen LogP contribution in [0.5, 0.6) is 0 Å². The normalized spacial score (nSPS) is 16.8. The average molecular weight is 216 g/mol. The lowest BCUT2D eigenvalue weighted by Crippen LogP contribution is -2.45. The van der Waals surface area contributed by atoms with Gasteiger partial charge < -0.3 is 15.3 Å². The minimum Gasteiger partial charge on any atom is -0.393 e. The van der Waals surface area contributed by atoms with Gasteiger partial charge in [0.15, 0.2) is 0 Å². The molecule has 0 heterocycles. The Labute approximate surface area is 94.9 Å². The molecule has 2 atom stereocenters. The van der Waals surface area contributed by atoms with Gasteiger partial charge in [-0.3, -0.25) is 0 Å². The van der Waals surface area contributed by atoms with Gasteiger partial charge in [0.2, 0.25) is 0 Å². The Bertz CT molecular complexity index is 169. The van der Waals surface area contributed by atoms with Crippen molar-refractivity contribution >= 4 is 0 Å². The van der Waals surface area contributed by atoms with Crippen molar-refractivity contribution < 1.29 is 5.11 Å². The predicted octanol–water partition coefficient (Wildman–Crippen LogP) is 1.32. The molecule has 0 spiro atoms. The quantitative estimate of drug-likeness (QED) is 0.674. The van der Waals surface area contributed by atoms with E-state index < -0.39 is 0 Å². The number of rotatable bonds is 7. The first-order chi connectivity index (χ1) is 6.79. The lowest BCUT2D eigenvalue weighted by molar-refractivity contribution is 0.133. The lowest BCUT2D eigenvalue weighted by Gasteiger charge is -2.35. The van der Waals surface area contributed by atoms with Crippen LogP contribution in [0, 0.1) is 5.41 Å². The molecule has 0 aliphatic heterocycles. The summed E-state index contributed by atoms with van der Waals surface area (Å²) in [6, 6.07) is 0.492. The minimum atomic E-state index is -0.197. The highest BCUT2D eigenvalue weighted by Crippen LogP contribution is 2.21. The summed E-state index contributed by atoms with van der Waals surface area (Å²) >= 11 is 0. The lowest BCUT2D eigenvalue weighted by atomic mass is 9.85. The molecule has 0 radical (unpaired) electrons. The van der Waals surface area contributed by atoms with Gasteiger partial charge in [-0.1, -0.05) is 13.8 Å². The third kappa shape index (κ3) is 6.13. The molecule has 0 aromatic heterocycles. The molecule has 0 aliphatic rings. The van der Waals surface area contributed by atoms with E-state index in [1.807, 2.05) is 14.0 Å². The van der Waals surface area contributed by atoms with Crippen LogP contribution in [0.15, 0.2) is 0 Å². The summed E-state index contributed by atoms with van der Waals surface area (Å²) in [5.74, 6) is 0. The minimum absolute atomic E-state index is 0.197. The highest BCUT2D eigenvalue weighted by molar-refractivity contribution is 4.82. The molecule has 15 heavy (non-hydrogen) atoms. The van der Waals surface area contributed by atoms with E-state index in [1.165, 1.54) is 0 Å². The molecule has 0 amide bonds. The highest BCUT2D eigenvalue weighted by atomic mass is 16.3. The second kappa shape index (κ2) is 6.46. The van der Waals surface area contributed by atoms with Crippen molar-refractivity contribution in [1.29, 1.82) is 0 Å². The number of aliphatic hydroxyl groups is 1. The summed E-state index contributed by atoms with van der Waals surface area (Å²) in [5, 5.41) is 12.5. The SMILES string of the molecule is CNC(C)C(C)(C)CN(C)CCC(C)O. The first-order valence-corrected chi connectivity index (χ1v) is 5.83. The summed E-state index contributed by atoms with van der Waals surface area (Å²) in [6.07, 6.45) is 0.651. The van der Waals surface area contributed by atoms with Crippen LogP contribution in [0.3, 0.4) is 0 Å². The monoisotopic (exact) mass is 216 g/mol. The van der Waals surface area contributed by atoms with Crippen molar-refractivity contribution in [3.05, 3.63) is 0 Å². The van der Waals surface area contributed by atoms with Gasteiger partial charge in [0.05, 0.1) is 6.10 Å². The molecule has 2 unspecified atom stereocenters. The zero-order chi connectivity index (χ0) is 12.1. The van der Waals surface area contributed by atoms with Gasteiger partial charge in [0, 0.05) is 19.1 Å². The Balaban J connectivity index is 3.98. The van der Waals surface area contributed by atoms with Crippen LogP contribution >= 0.6 is 0 Å². The van der Waals surface area contributed by atoms with Crippen molar-refractivity contribution in [3.8, 4) is 0 Å². The van der Waals surface area contributed by atoms with Gasteiger partial charge in [-0.25, -0.2) is 0 Å². The summed E-state index contributed by atoms with van der Waals surface area (Å²) < 4.78 is 0. The number of nitrogens with zero attached hydrogens (tertiary/aromatic N) is 1. The van der Waals surface area contributed by atoms with Crippen LogP contribution in [-0.4, -0.2) is 49.3 Å². The number of hydrogen-bond donors (Lipinski definition) is 2. The smallest absolute Gasteiger partial charge is 0.0524 e. The first-order valence-electron chi connectivity index (χ1n) is 5.83. The maximum atomic E-state index is 9.22. The van der Waals surface area contributed by atoms with Gasteiger partial charge in [0.1, 0.15) is 0 Å². The van der Waals surface area contributed by atoms with Crippen molar-refractivity contribution in [2.75, 3.05) is 27.2 Å². The molecule has 92 valence electrons. The Morgan fingerprint density at radius 2 is 1.87 bits per heavy atom. The van der Waals surface area contributed by atoms with Crippen LogP contribution in [0.25, 0.3) is 0 Å². The molecule has 0 bridgehead atoms. The van der Waals surface area contributed by atoms with E-state index in [2.05, 4.69) is 38.0 Å². The Hall–Kier alpha value is -0.120. The fourth-order valence-corrected chi connectivity index (χ4v) is 1.71. The standard InChI is InChI=1S/C12H28N2O/c1-10(15)7-8-14(6)9-12(3,4)11(2)13-5/h10-11,13,15H,7-9H2,1-6H3. The van der Waals surface area contributed by atoms with Crippen LogP contribution in [0.2, 0.25) is 0 Å². The maximum Gasteiger partial charge on any atom is 0.0524 e. The van der Waals surface area contributed by atoms with Gasteiger partial charge in [-0.2, -0.15) is 0 Å². The zero-order valence-corrected chi connectivity index (χ0v) is 11.2. The Morgan fingerprint density at radius 1 is 1.33 bits per heavy atom. The van der Waals surface area contributed by atoms with Crippen molar-refractivity contribution in [2.45, 2.75) is 46.3 Å². The molecule has 3 heteroatoms. The fourth-order valence-electron chi connectivity index (χ4n) is 1.71. The van der Waals surface area contributed by atoms with E-state index in [-0.39, 0.29) is 11.5 Å². The van der Waals surface area contributed by atoms with Crippen LogP contribution < -0.4 is 5.32 Å². The molecule has 0 aromatic carbocycles. The zero-order valence-electron chi connectivity index (χ0n) is 11.2. The largest absolute Gasteiger partial charge is 0.393 e. The van der Waals surface area contributed by atoms with Gasteiger partial charge in [0.25, 0.3) is 0 Å². The molecule has 0 saturated heterocycles. The molecule has 0 aromatic rings. The topological polar surface area (TPSA) is 35.5 Å². The second-order valence-corrected chi connectivity index (χ2v) is 5.37. The van der Waals surface area contributed by atoms with E-state index in [0.29, 0.717) is 6.04 Å². The molecule has 0 aliphatic carbocycles. The maximum absolute atomic E-state index is 9.22. The third-order valence-corrected chi connectivity index (χ3v) is 3.21. The summed E-state index contributed by atoms with van der Waals surface area (Å²) in [6.45, 7) is 10.6. The Morgan fingerprint density at radius 3 is 2.27 bits per heavy atom. The van der Waals surface area contributed by atoms with Crippen LogP contribution in [0.1, 0.15) is 34.1 Å². The fraction of sp³-hybridized carbons (Fsp3) is 1.00. The van der Waals surface area contributed by atoms with E-state index in [1.54, 1.807) is 0 Å². The third-order valence-electron chi connectivity index (χ3n) is 3.21. The van der Waals surface area contributed by atoms with Gasteiger partial charge in [-0.05, 0) is 39.8 Å². The van der Waals surface area contributed by atoms with Gasteiger partial charge >= 0.3 is 0 Å². The first kappa shape index (κ1) is 14.9. The number of nitrogens with one attached hydrogen (secondary N) is 1. The summed E-state index contributed by atoms with van der Waals surface area (Å²) in [5.41, 5.74) is 0.252. The van der Waals surface area contributed by atoms with E-state index in [0.717, 1.165) is 19.5 Å². The van der Waals surface area contributed by atoms with Crippen LogP contribution in [0.4, 0.5) is 0 Å². The molecule has 3 nitrogen and oxygen atoms in total. The van der Waals surface area contributed by atoms with E-state index in [9.17, 15) is 5.11 Å². The molecule has 2 N–H and O–H groups in total. The molecular formula is C12H28N2O. The van der Waals surface area contributed by atoms with Crippen molar-refractivity contribution in [1.82, 2.24) is 10.2 Å². The van der Waals surface area contributed by atoms with Crippen LogP contribution in [-0.2, 0) is 0 Å².